The molecule has 2 saturated carbocycles. The molecule has 0 aromatic carbocycles. The van der Waals surface area contributed by atoms with Crippen molar-refractivity contribution in [3.63, 3.8) is 0 Å². The average Bonchev–Trinajstić information content (AvgIpc) is 2.65. The van der Waals surface area contributed by atoms with Gasteiger partial charge in [-0.05, 0) is 37.5 Å². The summed E-state index contributed by atoms with van der Waals surface area (Å²) >= 11 is 0. The van der Waals surface area contributed by atoms with Gasteiger partial charge in [0.1, 0.15) is 6.10 Å². The van der Waals surface area contributed by atoms with Gasteiger partial charge in [-0.25, -0.2) is 0 Å². The first-order valence-electron chi connectivity index (χ1n) is 4.44. The molecule has 0 bridgehead atoms. The molecule has 0 saturated heterocycles. The standard InChI is InChI=1S/C9H14O2/c1-6(10)11-9-4-2-3-7-5-8(7)9/h7-9H,2-5H2,1H3/t7-,8+,9-/m1/s1. The third-order valence-corrected chi connectivity index (χ3v) is 2.84. The van der Waals surface area contributed by atoms with E-state index in [0.717, 1.165) is 18.3 Å². The third kappa shape index (κ3) is 1.39. The minimum atomic E-state index is -0.109. The van der Waals surface area contributed by atoms with Gasteiger partial charge >= 0.3 is 5.97 Å². The molecule has 0 spiro atoms. The van der Waals surface area contributed by atoms with E-state index in [-0.39, 0.29) is 12.1 Å². The Hall–Kier alpha value is -0.530. The van der Waals surface area contributed by atoms with Crippen LogP contribution in [-0.4, -0.2) is 12.1 Å². The van der Waals surface area contributed by atoms with Crippen LogP contribution in [0.25, 0.3) is 0 Å². The van der Waals surface area contributed by atoms with Gasteiger partial charge in [-0.3, -0.25) is 4.79 Å². The molecule has 0 N–H and O–H groups in total. The van der Waals surface area contributed by atoms with E-state index < -0.39 is 0 Å². The molecule has 2 aliphatic carbocycles. The van der Waals surface area contributed by atoms with Crippen LogP contribution in [0.2, 0.25) is 0 Å². The van der Waals surface area contributed by atoms with Crippen LogP contribution in [0, 0.1) is 11.8 Å². The molecule has 0 radical (unpaired) electrons. The second kappa shape index (κ2) is 2.50. The molecule has 2 fully saturated rings. The highest BCUT2D eigenvalue weighted by Crippen LogP contribution is 2.50. The van der Waals surface area contributed by atoms with E-state index in [4.69, 9.17) is 4.74 Å². The smallest absolute Gasteiger partial charge is 0.302 e. The van der Waals surface area contributed by atoms with E-state index in [1.165, 1.54) is 26.2 Å². The molecule has 62 valence electrons. The fraction of sp³-hybridized carbons (Fsp3) is 0.889. The van der Waals surface area contributed by atoms with E-state index in [1.807, 2.05) is 0 Å². The van der Waals surface area contributed by atoms with Crippen molar-refractivity contribution in [3.8, 4) is 0 Å². The predicted octanol–water partition coefficient (Wildman–Crippen LogP) is 1.74. The van der Waals surface area contributed by atoms with Crippen molar-refractivity contribution in [2.75, 3.05) is 0 Å². The maximum atomic E-state index is 10.7. The summed E-state index contributed by atoms with van der Waals surface area (Å²) in [7, 11) is 0. The lowest BCUT2D eigenvalue weighted by Gasteiger charge is -2.20. The topological polar surface area (TPSA) is 26.3 Å². The maximum absolute atomic E-state index is 10.7. The number of hydrogen-bond donors (Lipinski definition) is 0. The first-order valence-corrected chi connectivity index (χ1v) is 4.44. The van der Waals surface area contributed by atoms with E-state index in [0.29, 0.717) is 0 Å². The molecule has 2 heteroatoms. The Morgan fingerprint density at radius 2 is 2.27 bits per heavy atom. The van der Waals surface area contributed by atoms with Crippen molar-refractivity contribution in [1.82, 2.24) is 0 Å². The number of fused-ring (bicyclic) bond motifs is 1. The van der Waals surface area contributed by atoms with E-state index in [1.54, 1.807) is 0 Å². The fourth-order valence-electron chi connectivity index (χ4n) is 2.21. The summed E-state index contributed by atoms with van der Waals surface area (Å²) in [6.45, 7) is 1.51. The molecule has 0 aliphatic heterocycles. The van der Waals surface area contributed by atoms with Crippen LogP contribution in [0.3, 0.4) is 0 Å². The molecule has 0 unspecified atom stereocenters. The monoisotopic (exact) mass is 154 g/mol. The summed E-state index contributed by atoms with van der Waals surface area (Å²) in [5.74, 6) is 1.52. The predicted molar refractivity (Wildman–Crippen MR) is 41.0 cm³/mol. The highest BCUT2D eigenvalue weighted by molar-refractivity contribution is 5.66. The van der Waals surface area contributed by atoms with Gasteiger partial charge in [0.15, 0.2) is 0 Å². The molecule has 2 rings (SSSR count). The summed E-state index contributed by atoms with van der Waals surface area (Å²) in [6, 6.07) is 0. The Balaban J connectivity index is 1.88. The molecular weight excluding hydrogens is 140 g/mol. The van der Waals surface area contributed by atoms with Crippen LogP contribution < -0.4 is 0 Å². The van der Waals surface area contributed by atoms with Gasteiger partial charge in [0.2, 0.25) is 0 Å². The van der Waals surface area contributed by atoms with E-state index in [9.17, 15) is 4.79 Å². The molecule has 2 aliphatic rings. The first-order chi connectivity index (χ1) is 5.27. The molecular formula is C9H14O2. The minimum Gasteiger partial charge on any atom is -0.462 e. The van der Waals surface area contributed by atoms with Crippen LogP contribution in [0.15, 0.2) is 0 Å². The summed E-state index contributed by atoms with van der Waals surface area (Å²) in [5.41, 5.74) is 0. The minimum absolute atomic E-state index is 0.109. The number of ether oxygens (including phenoxy) is 1. The van der Waals surface area contributed by atoms with Crippen molar-refractivity contribution in [3.05, 3.63) is 0 Å². The zero-order valence-electron chi connectivity index (χ0n) is 6.88. The van der Waals surface area contributed by atoms with Crippen molar-refractivity contribution < 1.29 is 9.53 Å². The summed E-state index contributed by atoms with van der Waals surface area (Å²) < 4.78 is 5.21. The Kier molecular flexibility index (Phi) is 1.63. The Bertz CT molecular complexity index is 176. The lowest BCUT2D eigenvalue weighted by Crippen LogP contribution is -2.22. The summed E-state index contributed by atoms with van der Waals surface area (Å²) in [5, 5.41) is 0. The first kappa shape index (κ1) is 7.14. The van der Waals surface area contributed by atoms with Crippen molar-refractivity contribution >= 4 is 5.97 Å². The number of carbonyl (C=O) groups is 1. The van der Waals surface area contributed by atoms with Crippen molar-refractivity contribution in [2.24, 2.45) is 11.8 Å². The molecule has 0 aromatic rings. The number of rotatable bonds is 1. The summed E-state index contributed by atoms with van der Waals surface area (Å²) in [4.78, 5) is 10.7. The molecule has 11 heavy (non-hydrogen) atoms. The highest BCUT2D eigenvalue weighted by Gasteiger charge is 2.46. The number of hydrogen-bond acceptors (Lipinski definition) is 2. The van der Waals surface area contributed by atoms with Crippen LogP contribution in [0.5, 0.6) is 0 Å². The van der Waals surface area contributed by atoms with Crippen molar-refractivity contribution in [1.29, 1.82) is 0 Å². The second-order valence-corrected chi connectivity index (χ2v) is 3.74. The zero-order chi connectivity index (χ0) is 7.84. The maximum Gasteiger partial charge on any atom is 0.302 e. The van der Waals surface area contributed by atoms with Gasteiger partial charge in [0.25, 0.3) is 0 Å². The lowest BCUT2D eigenvalue weighted by molar-refractivity contribution is -0.148. The lowest BCUT2D eigenvalue weighted by atomic mass is 9.98. The van der Waals surface area contributed by atoms with E-state index in [2.05, 4.69) is 0 Å². The van der Waals surface area contributed by atoms with Crippen LogP contribution in [0.1, 0.15) is 32.6 Å². The van der Waals surface area contributed by atoms with Gasteiger partial charge < -0.3 is 4.74 Å². The van der Waals surface area contributed by atoms with Gasteiger partial charge in [-0.15, -0.1) is 0 Å². The molecule has 0 amide bonds. The molecule has 0 aromatic heterocycles. The molecule has 2 nitrogen and oxygen atoms in total. The van der Waals surface area contributed by atoms with Gasteiger partial charge in [-0.2, -0.15) is 0 Å². The quantitative estimate of drug-likeness (QED) is 0.538. The van der Waals surface area contributed by atoms with E-state index >= 15 is 0 Å². The third-order valence-electron chi connectivity index (χ3n) is 2.84. The zero-order valence-corrected chi connectivity index (χ0v) is 6.88. The SMILES string of the molecule is CC(=O)O[C@@H]1CCC[C@@H]2C[C@@H]21. The average molecular weight is 154 g/mol. The Labute approximate surface area is 66.9 Å². The van der Waals surface area contributed by atoms with Crippen LogP contribution in [0.4, 0.5) is 0 Å². The van der Waals surface area contributed by atoms with Crippen LogP contribution >= 0.6 is 0 Å². The normalized spacial score (nSPS) is 41.0. The molecule has 3 atom stereocenters. The van der Waals surface area contributed by atoms with Gasteiger partial charge in [0, 0.05) is 6.92 Å². The Morgan fingerprint density at radius 1 is 1.45 bits per heavy atom. The number of carbonyl (C=O) groups excluding carboxylic acids is 1. The Morgan fingerprint density at radius 3 is 3.00 bits per heavy atom. The highest BCUT2D eigenvalue weighted by atomic mass is 16.5. The van der Waals surface area contributed by atoms with Gasteiger partial charge in [0.05, 0.1) is 0 Å². The number of esters is 1. The largest absolute Gasteiger partial charge is 0.462 e. The fourth-order valence-corrected chi connectivity index (χ4v) is 2.21. The summed E-state index contributed by atoms with van der Waals surface area (Å²) in [6.07, 6.45) is 5.28. The van der Waals surface area contributed by atoms with Crippen LogP contribution in [-0.2, 0) is 9.53 Å². The molecule has 0 heterocycles. The van der Waals surface area contributed by atoms with Crippen molar-refractivity contribution in [2.45, 2.75) is 38.7 Å². The van der Waals surface area contributed by atoms with Gasteiger partial charge in [-0.1, -0.05) is 0 Å². The second-order valence-electron chi connectivity index (χ2n) is 3.74.